The fourth-order valence-corrected chi connectivity index (χ4v) is 2.49. The minimum Gasteiger partial charge on any atom is -0.362 e. The lowest BCUT2D eigenvalue weighted by Gasteiger charge is -2.18. The molecule has 0 aliphatic rings. The van der Waals surface area contributed by atoms with E-state index in [2.05, 4.69) is 15.5 Å². The van der Waals surface area contributed by atoms with Crippen molar-refractivity contribution in [3.05, 3.63) is 30.2 Å². The van der Waals surface area contributed by atoms with E-state index in [0.29, 0.717) is 26.1 Å². The number of carbonyl (C=O) groups is 2. The highest BCUT2D eigenvalue weighted by Crippen LogP contribution is 2.04. The summed E-state index contributed by atoms with van der Waals surface area (Å²) in [6.07, 6.45) is 3.39. The number of hydrogen-bond donors (Lipinski definition) is 1. The van der Waals surface area contributed by atoms with Crippen LogP contribution in [0.2, 0.25) is 0 Å². The van der Waals surface area contributed by atoms with Gasteiger partial charge in [0.25, 0.3) is 0 Å². The van der Waals surface area contributed by atoms with E-state index in [-0.39, 0.29) is 25.0 Å². The summed E-state index contributed by atoms with van der Waals surface area (Å²) < 4.78 is 7.11. The summed E-state index contributed by atoms with van der Waals surface area (Å²) in [5.74, 6) is 0.542. The number of likely N-dealkylation sites (N-methyl/N-ethyl adjacent to an activating group) is 1. The van der Waals surface area contributed by atoms with Crippen LogP contribution in [0.5, 0.6) is 0 Å². The second kappa shape index (κ2) is 9.73. The highest BCUT2D eigenvalue weighted by atomic mass is 16.5. The molecule has 8 heteroatoms. The van der Waals surface area contributed by atoms with Gasteiger partial charge in [-0.25, -0.2) is 0 Å². The molecule has 8 nitrogen and oxygen atoms in total. The van der Waals surface area contributed by atoms with E-state index >= 15 is 0 Å². The first kappa shape index (κ1) is 18.9. The van der Waals surface area contributed by atoms with Crippen molar-refractivity contribution in [2.24, 2.45) is 0 Å². The second-order valence-electron chi connectivity index (χ2n) is 5.56. The molecule has 25 heavy (non-hydrogen) atoms. The van der Waals surface area contributed by atoms with Crippen LogP contribution in [-0.2, 0) is 20.7 Å². The van der Waals surface area contributed by atoms with Gasteiger partial charge in [-0.05, 0) is 32.4 Å². The maximum Gasteiger partial charge on any atom is 0.248 e. The number of carbonyl (C=O) groups excluding carboxylic acids is 2. The normalized spacial score (nSPS) is 10.8. The Labute approximate surface area is 147 Å². The highest BCUT2D eigenvalue weighted by molar-refractivity contribution is 5.79. The number of amides is 2. The molecule has 0 aromatic carbocycles. The smallest absolute Gasteiger partial charge is 0.248 e. The Kier molecular flexibility index (Phi) is 7.34. The lowest BCUT2D eigenvalue weighted by atomic mass is 10.3. The van der Waals surface area contributed by atoms with Crippen LogP contribution in [0.4, 0.5) is 0 Å². The zero-order chi connectivity index (χ0) is 18.1. The minimum absolute atomic E-state index is 0.0686. The fraction of sp³-hybridized carbons (Fsp3) is 0.529. The van der Waals surface area contributed by atoms with E-state index < -0.39 is 0 Å². The molecule has 0 spiro atoms. The van der Waals surface area contributed by atoms with E-state index in [1.165, 1.54) is 0 Å². The van der Waals surface area contributed by atoms with Crippen molar-refractivity contribution in [3.8, 4) is 0 Å². The van der Waals surface area contributed by atoms with Crippen LogP contribution in [0.1, 0.15) is 26.1 Å². The molecule has 2 rings (SSSR count). The molecule has 0 saturated heterocycles. The van der Waals surface area contributed by atoms with Crippen molar-refractivity contribution in [2.75, 3.05) is 32.8 Å². The van der Waals surface area contributed by atoms with Gasteiger partial charge in [0.05, 0.1) is 0 Å². The molecule has 0 unspecified atom stereocenters. The average molecular weight is 347 g/mol. The SMILES string of the molecule is CCN(CC)C(=O)COCC(=O)NCCCc1nnc2ccccn12. The molecule has 0 aliphatic heterocycles. The summed E-state index contributed by atoms with van der Waals surface area (Å²) in [4.78, 5) is 25.1. The summed E-state index contributed by atoms with van der Waals surface area (Å²) >= 11 is 0. The first-order valence-electron chi connectivity index (χ1n) is 8.56. The second-order valence-corrected chi connectivity index (χ2v) is 5.56. The predicted octanol–water partition coefficient (Wildman–Crippen LogP) is 0.663. The number of hydrogen-bond acceptors (Lipinski definition) is 5. The van der Waals surface area contributed by atoms with Gasteiger partial charge >= 0.3 is 0 Å². The van der Waals surface area contributed by atoms with Crippen LogP contribution in [0, 0.1) is 0 Å². The van der Waals surface area contributed by atoms with E-state index in [1.54, 1.807) is 4.90 Å². The van der Waals surface area contributed by atoms with Gasteiger partial charge in [-0.3, -0.25) is 14.0 Å². The average Bonchev–Trinajstić information content (AvgIpc) is 3.03. The molecule has 0 atom stereocenters. The van der Waals surface area contributed by atoms with Gasteiger partial charge in [0.2, 0.25) is 11.8 Å². The summed E-state index contributed by atoms with van der Waals surface area (Å²) in [5, 5.41) is 11.0. The number of fused-ring (bicyclic) bond motifs is 1. The van der Waals surface area contributed by atoms with Gasteiger partial charge in [-0.1, -0.05) is 6.07 Å². The number of rotatable bonds is 10. The molecule has 2 amide bonds. The molecular weight excluding hydrogens is 322 g/mol. The van der Waals surface area contributed by atoms with Gasteiger partial charge in [-0.15, -0.1) is 10.2 Å². The quantitative estimate of drug-likeness (QED) is 0.638. The maximum absolute atomic E-state index is 11.7. The zero-order valence-corrected chi connectivity index (χ0v) is 14.8. The largest absolute Gasteiger partial charge is 0.362 e. The standard InChI is InChI=1S/C17H25N5O3/c1-3-21(4-2)17(24)13-25-12-16(23)18-10-7-9-15-20-19-14-8-5-6-11-22(14)15/h5-6,8,11H,3-4,7,9-10,12-13H2,1-2H3,(H,18,23). The van der Waals surface area contributed by atoms with E-state index in [9.17, 15) is 9.59 Å². The molecule has 2 heterocycles. The highest BCUT2D eigenvalue weighted by Gasteiger charge is 2.10. The Morgan fingerprint density at radius 2 is 2.00 bits per heavy atom. The molecule has 0 aliphatic carbocycles. The van der Waals surface area contributed by atoms with Gasteiger partial charge in [0.15, 0.2) is 5.65 Å². The number of pyridine rings is 1. The third-order valence-corrected chi connectivity index (χ3v) is 3.86. The predicted molar refractivity (Wildman–Crippen MR) is 93.1 cm³/mol. The first-order valence-corrected chi connectivity index (χ1v) is 8.56. The van der Waals surface area contributed by atoms with Crippen LogP contribution in [-0.4, -0.2) is 64.2 Å². The lowest BCUT2D eigenvalue weighted by Crippen LogP contribution is -2.35. The molecule has 1 N–H and O–H groups in total. The fourth-order valence-electron chi connectivity index (χ4n) is 2.49. The maximum atomic E-state index is 11.7. The molecule has 2 aromatic heterocycles. The van der Waals surface area contributed by atoms with E-state index in [4.69, 9.17) is 4.74 Å². The topological polar surface area (TPSA) is 88.8 Å². The van der Waals surface area contributed by atoms with Crippen molar-refractivity contribution < 1.29 is 14.3 Å². The van der Waals surface area contributed by atoms with Crippen LogP contribution in [0.15, 0.2) is 24.4 Å². The van der Waals surface area contributed by atoms with Crippen molar-refractivity contribution >= 4 is 17.5 Å². The number of ether oxygens (including phenoxy) is 1. The summed E-state index contributed by atoms with van der Waals surface area (Å²) in [7, 11) is 0. The molecule has 136 valence electrons. The number of aryl methyl sites for hydroxylation is 1. The Morgan fingerprint density at radius 1 is 1.20 bits per heavy atom. The number of nitrogens with one attached hydrogen (secondary N) is 1. The molecule has 0 fully saturated rings. The third-order valence-electron chi connectivity index (χ3n) is 3.86. The molecular formula is C17H25N5O3. The monoisotopic (exact) mass is 347 g/mol. The molecule has 0 saturated carbocycles. The third kappa shape index (κ3) is 5.53. The molecule has 0 radical (unpaired) electrons. The van der Waals surface area contributed by atoms with Crippen LogP contribution < -0.4 is 5.32 Å². The number of aromatic nitrogens is 3. The number of nitrogens with zero attached hydrogens (tertiary/aromatic N) is 4. The van der Waals surface area contributed by atoms with Gasteiger partial charge in [0.1, 0.15) is 19.0 Å². The molecule has 0 bridgehead atoms. The first-order chi connectivity index (χ1) is 12.2. The summed E-state index contributed by atoms with van der Waals surface area (Å²) in [6, 6.07) is 5.74. The Bertz CT molecular complexity index is 696. The Morgan fingerprint density at radius 3 is 2.76 bits per heavy atom. The van der Waals surface area contributed by atoms with Crippen molar-refractivity contribution in [1.82, 2.24) is 24.8 Å². The lowest BCUT2D eigenvalue weighted by molar-refractivity contribution is -0.138. The Hall–Kier alpha value is -2.48. The van der Waals surface area contributed by atoms with Crippen LogP contribution in [0.3, 0.4) is 0 Å². The zero-order valence-electron chi connectivity index (χ0n) is 14.8. The van der Waals surface area contributed by atoms with Gasteiger partial charge in [-0.2, -0.15) is 0 Å². The summed E-state index contributed by atoms with van der Waals surface area (Å²) in [6.45, 7) is 5.44. The summed E-state index contributed by atoms with van der Waals surface area (Å²) in [5.41, 5.74) is 0.813. The van der Waals surface area contributed by atoms with Crippen LogP contribution in [0.25, 0.3) is 5.65 Å². The van der Waals surface area contributed by atoms with E-state index in [0.717, 1.165) is 17.9 Å². The minimum atomic E-state index is -0.224. The molecule has 2 aromatic rings. The van der Waals surface area contributed by atoms with E-state index in [1.807, 2.05) is 42.6 Å². The van der Waals surface area contributed by atoms with Crippen molar-refractivity contribution in [1.29, 1.82) is 0 Å². The van der Waals surface area contributed by atoms with Crippen molar-refractivity contribution in [3.63, 3.8) is 0 Å². The van der Waals surface area contributed by atoms with Gasteiger partial charge < -0.3 is 15.0 Å². The van der Waals surface area contributed by atoms with Gasteiger partial charge in [0, 0.05) is 32.3 Å². The van der Waals surface area contributed by atoms with Crippen molar-refractivity contribution in [2.45, 2.75) is 26.7 Å². The Balaban J connectivity index is 1.62. The van der Waals surface area contributed by atoms with Crippen LogP contribution >= 0.6 is 0 Å².